The van der Waals surface area contributed by atoms with Crippen molar-refractivity contribution in [3.63, 3.8) is 0 Å². The quantitative estimate of drug-likeness (QED) is 0.495. The molecule has 0 N–H and O–H groups in total. The number of rotatable bonds is 0. The third-order valence-corrected chi connectivity index (χ3v) is 1.09. The molecule has 0 saturated carbocycles. The van der Waals surface area contributed by atoms with Crippen molar-refractivity contribution in [1.82, 2.24) is 0 Å². The van der Waals surface area contributed by atoms with Gasteiger partial charge in [-0.05, 0) is 0 Å². The summed E-state index contributed by atoms with van der Waals surface area (Å²) in [6.07, 6.45) is 0. The third-order valence-electron chi connectivity index (χ3n) is 0.778. The van der Waals surface area contributed by atoms with E-state index in [-0.39, 0.29) is 5.82 Å². The van der Waals surface area contributed by atoms with Crippen LogP contribution in [0.5, 0.6) is 0 Å². The molecule has 0 radical (unpaired) electrons. The van der Waals surface area contributed by atoms with Crippen molar-refractivity contribution in [2.24, 2.45) is 0 Å². The van der Waals surface area contributed by atoms with Gasteiger partial charge in [0.15, 0.2) is 0 Å². The van der Waals surface area contributed by atoms with Crippen molar-refractivity contribution in [2.75, 3.05) is 0 Å². The second kappa shape index (κ2) is 2.29. The molecule has 0 unspecified atom stereocenters. The molecule has 1 aromatic rings. The molecule has 0 aliphatic carbocycles. The molecule has 0 amide bonds. The van der Waals surface area contributed by atoms with Crippen LogP contribution < -0.4 is 4.46 Å². The first kappa shape index (κ1) is 5.80. The van der Waals surface area contributed by atoms with Crippen molar-refractivity contribution in [3.8, 4) is 0 Å². The van der Waals surface area contributed by atoms with Gasteiger partial charge in [0.2, 0.25) is 0 Å². The van der Waals surface area contributed by atoms with E-state index in [4.69, 9.17) is 16.0 Å². The van der Waals surface area contributed by atoms with Gasteiger partial charge in [0, 0.05) is 0 Å². The summed E-state index contributed by atoms with van der Waals surface area (Å²) < 4.78 is 12.7. The summed E-state index contributed by atoms with van der Waals surface area (Å²) in [7, 11) is 0. The van der Waals surface area contributed by atoms with E-state index in [1.54, 1.807) is 12.1 Å². The first-order valence-corrected chi connectivity index (χ1v) is 2.63. The first-order chi connectivity index (χ1) is 3.79. The standard InChI is InChI=1S/C6H4F.Cu/c7-6-4-2-1-3-5-6;/h2-5H;. The molecule has 0 saturated heterocycles. The van der Waals surface area contributed by atoms with Gasteiger partial charge in [-0.1, -0.05) is 0 Å². The van der Waals surface area contributed by atoms with Crippen LogP contribution in [0.25, 0.3) is 0 Å². The Balaban J connectivity index is 3.03. The minimum absolute atomic E-state index is 0.241. The molecule has 0 heterocycles. The zero-order valence-electron chi connectivity index (χ0n) is 3.99. The maximum absolute atomic E-state index is 12.0. The van der Waals surface area contributed by atoms with E-state index in [1.165, 1.54) is 12.1 Å². The zero-order valence-corrected chi connectivity index (χ0v) is 4.93. The topological polar surface area (TPSA) is 0 Å². The molecule has 0 nitrogen and oxygen atoms in total. The van der Waals surface area contributed by atoms with Gasteiger partial charge in [0.05, 0.1) is 0 Å². The third kappa shape index (κ3) is 1.32. The van der Waals surface area contributed by atoms with E-state index >= 15 is 0 Å². The molecule has 1 rings (SSSR count). The fraction of sp³-hybridized carbons (Fsp3) is 0. The maximum atomic E-state index is 12.0. The van der Waals surface area contributed by atoms with Crippen LogP contribution in [-0.2, 0) is 16.0 Å². The molecule has 0 spiro atoms. The van der Waals surface area contributed by atoms with Crippen LogP contribution in [-0.4, -0.2) is 0 Å². The summed E-state index contributed by atoms with van der Waals surface area (Å²) >= 11 is 4.84. The molecule has 0 aliphatic heterocycles. The molecular weight excluding hydrogens is 155 g/mol. The predicted octanol–water partition coefficient (Wildman–Crippen LogP) is 0.998. The summed E-state index contributed by atoms with van der Waals surface area (Å²) in [5.41, 5.74) is 0. The summed E-state index contributed by atoms with van der Waals surface area (Å²) in [6, 6.07) is 5.79. The normalized spacial score (nSPS) is 9.38. The van der Waals surface area contributed by atoms with E-state index in [2.05, 4.69) is 0 Å². The van der Waals surface area contributed by atoms with Crippen molar-refractivity contribution in [3.05, 3.63) is 30.1 Å². The monoisotopic (exact) mass is 158 g/mol. The van der Waals surface area contributed by atoms with Crippen LogP contribution in [0.4, 0.5) is 4.39 Å². The molecule has 46 valence electrons. The zero-order chi connectivity index (χ0) is 5.98. The van der Waals surface area contributed by atoms with Crippen LogP contribution in [0.1, 0.15) is 0 Å². The first-order valence-electron chi connectivity index (χ1n) is 2.16. The Hall–Kier alpha value is -0.331. The average molecular weight is 159 g/mol. The van der Waals surface area contributed by atoms with Crippen LogP contribution in [0.2, 0.25) is 0 Å². The van der Waals surface area contributed by atoms with Gasteiger partial charge in [-0.15, -0.1) is 0 Å². The fourth-order valence-corrected chi connectivity index (χ4v) is 0.574. The van der Waals surface area contributed by atoms with Gasteiger partial charge in [0.1, 0.15) is 0 Å². The van der Waals surface area contributed by atoms with Gasteiger partial charge in [-0.3, -0.25) is 0 Å². The number of benzene rings is 1. The van der Waals surface area contributed by atoms with Crippen molar-refractivity contribution in [2.45, 2.75) is 0 Å². The molecular formula is C6H4CuF. The minimum atomic E-state index is -0.241. The van der Waals surface area contributed by atoms with Gasteiger partial charge in [-0.25, -0.2) is 0 Å². The Kier molecular flexibility index (Phi) is 1.66. The molecule has 0 fully saturated rings. The Morgan fingerprint density at radius 3 is 2.00 bits per heavy atom. The van der Waals surface area contributed by atoms with Crippen molar-refractivity contribution in [1.29, 1.82) is 0 Å². The molecule has 2 heteroatoms. The summed E-state index contributed by atoms with van der Waals surface area (Å²) in [4.78, 5) is 0. The summed E-state index contributed by atoms with van der Waals surface area (Å²) in [5, 5.41) is 0. The van der Waals surface area contributed by atoms with Gasteiger partial charge in [-0.2, -0.15) is 0 Å². The Bertz CT molecular complexity index is 147. The molecule has 0 atom stereocenters. The Labute approximate surface area is 55.5 Å². The second-order valence-corrected chi connectivity index (χ2v) is 1.94. The van der Waals surface area contributed by atoms with Gasteiger partial charge in [0.25, 0.3) is 0 Å². The number of halogens is 1. The summed E-state index contributed by atoms with van der Waals surface area (Å²) in [6.45, 7) is 0. The van der Waals surface area contributed by atoms with Crippen LogP contribution in [0.15, 0.2) is 24.3 Å². The molecule has 1 aromatic carbocycles. The van der Waals surface area contributed by atoms with E-state index in [0.717, 1.165) is 0 Å². The van der Waals surface area contributed by atoms with Crippen molar-refractivity contribution < 1.29 is 20.4 Å². The fourth-order valence-electron chi connectivity index (χ4n) is 0.417. The van der Waals surface area contributed by atoms with Crippen molar-refractivity contribution >= 4 is 4.46 Å². The van der Waals surface area contributed by atoms with E-state index < -0.39 is 0 Å². The van der Waals surface area contributed by atoms with Gasteiger partial charge >= 0.3 is 54.9 Å². The SMILES string of the molecule is Fc1cc[c]([Cu])cc1. The summed E-state index contributed by atoms with van der Waals surface area (Å²) in [5.74, 6) is -0.241. The Morgan fingerprint density at radius 2 is 1.62 bits per heavy atom. The second-order valence-electron chi connectivity index (χ2n) is 1.39. The van der Waals surface area contributed by atoms with Crippen LogP contribution in [0.3, 0.4) is 0 Å². The average Bonchev–Trinajstić information content (AvgIpc) is 1.77. The molecule has 0 aliphatic rings. The Morgan fingerprint density at radius 1 is 1.12 bits per heavy atom. The van der Waals surface area contributed by atoms with E-state index in [1.807, 2.05) is 0 Å². The molecule has 8 heavy (non-hydrogen) atoms. The predicted molar refractivity (Wildman–Crippen MR) is 26.0 cm³/mol. The van der Waals surface area contributed by atoms with E-state index in [0.29, 0.717) is 4.46 Å². The van der Waals surface area contributed by atoms with E-state index in [9.17, 15) is 4.39 Å². The number of hydrogen-bond acceptors (Lipinski definition) is 0. The molecule has 0 aromatic heterocycles. The van der Waals surface area contributed by atoms with Gasteiger partial charge < -0.3 is 0 Å². The van der Waals surface area contributed by atoms with Crippen LogP contribution >= 0.6 is 0 Å². The van der Waals surface area contributed by atoms with Crippen LogP contribution in [0, 0.1) is 5.82 Å². The number of hydrogen-bond donors (Lipinski definition) is 0. The molecule has 0 bridgehead atoms.